The van der Waals surface area contributed by atoms with E-state index in [4.69, 9.17) is 15.2 Å². The smallest absolute Gasteiger partial charge is 0.123 e. The predicted octanol–water partition coefficient (Wildman–Crippen LogP) is 2.89. The van der Waals surface area contributed by atoms with Crippen LogP contribution in [-0.2, 0) is 6.54 Å². The zero-order valence-electron chi connectivity index (χ0n) is 9.90. The molecular formula is C13H15NO2S. The molecule has 0 bridgehead atoms. The first-order chi connectivity index (χ1) is 8.26. The Morgan fingerprint density at radius 1 is 1.06 bits per heavy atom. The number of hydrogen-bond donors (Lipinski definition) is 1. The first kappa shape index (κ1) is 12.0. The van der Waals surface area contributed by atoms with E-state index < -0.39 is 0 Å². The number of nitrogens with two attached hydrogens (primary N) is 1. The zero-order chi connectivity index (χ0) is 12.3. The van der Waals surface area contributed by atoms with Crippen molar-refractivity contribution >= 4 is 11.3 Å². The molecule has 1 heterocycles. The first-order valence-electron chi connectivity index (χ1n) is 5.29. The molecule has 0 spiro atoms. The van der Waals surface area contributed by atoms with E-state index in [0.717, 1.165) is 17.1 Å². The number of benzene rings is 1. The van der Waals surface area contributed by atoms with Gasteiger partial charge in [-0.1, -0.05) is 0 Å². The van der Waals surface area contributed by atoms with Crippen LogP contribution in [0.4, 0.5) is 0 Å². The number of rotatable bonds is 4. The minimum atomic E-state index is 0.575. The molecule has 1 aromatic heterocycles. The molecule has 2 rings (SSSR count). The summed E-state index contributed by atoms with van der Waals surface area (Å²) in [6.45, 7) is 0.575. The van der Waals surface area contributed by atoms with Crippen molar-refractivity contribution in [2.75, 3.05) is 14.2 Å². The highest BCUT2D eigenvalue weighted by Gasteiger charge is 2.06. The normalized spacial score (nSPS) is 10.3. The van der Waals surface area contributed by atoms with Gasteiger partial charge in [0.25, 0.3) is 0 Å². The van der Waals surface area contributed by atoms with Gasteiger partial charge in [-0.3, -0.25) is 0 Å². The van der Waals surface area contributed by atoms with Crippen molar-refractivity contribution < 1.29 is 9.47 Å². The third kappa shape index (κ3) is 2.60. The molecule has 0 amide bonds. The molecule has 0 aliphatic carbocycles. The van der Waals surface area contributed by atoms with E-state index in [1.54, 1.807) is 25.6 Å². The van der Waals surface area contributed by atoms with Crippen LogP contribution in [0.15, 0.2) is 30.3 Å². The van der Waals surface area contributed by atoms with Gasteiger partial charge < -0.3 is 15.2 Å². The van der Waals surface area contributed by atoms with Crippen molar-refractivity contribution in [1.82, 2.24) is 0 Å². The molecule has 17 heavy (non-hydrogen) atoms. The Labute approximate surface area is 105 Å². The van der Waals surface area contributed by atoms with Crippen molar-refractivity contribution in [1.29, 1.82) is 0 Å². The first-order valence-corrected chi connectivity index (χ1v) is 6.10. The Bertz CT molecular complexity index is 486. The lowest BCUT2D eigenvalue weighted by Gasteiger charge is -2.07. The van der Waals surface area contributed by atoms with Crippen LogP contribution in [0.1, 0.15) is 4.88 Å². The molecule has 0 aliphatic heterocycles. The fourth-order valence-electron chi connectivity index (χ4n) is 1.59. The van der Waals surface area contributed by atoms with E-state index in [1.807, 2.05) is 24.3 Å². The van der Waals surface area contributed by atoms with Crippen molar-refractivity contribution in [3.63, 3.8) is 0 Å². The van der Waals surface area contributed by atoms with E-state index in [9.17, 15) is 0 Å². The van der Waals surface area contributed by atoms with E-state index >= 15 is 0 Å². The van der Waals surface area contributed by atoms with Gasteiger partial charge in [-0.2, -0.15) is 0 Å². The average molecular weight is 249 g/mol. The van der Waals surface area contributed by atoms with Crippen molar-refractivity contribution in [2.45, 2.75) is 6.54 Å². The van der Waals surface area contributed by atoms with Gasteiger partial charge in [0.1, 0.15) is 11.5 Å². The maximum absolute atomic E-state index is 5.61. The second kappa shape index (κ2) is 5.21. The summed E-state index contributed by atoms with van der Waals surface area (Å²) in [4.78, 5) is 2.34. The van der Waals surface area contributed by atoms with E-state index in [-0.39, 0.29) is 0 Å². The van der Waals surface area contributed by atoms with Crippen LogP contribution in [0.2, 0.25) is 0 Å². The maximum atomic E-state index is 5.61. The highest BCUT2D eigenvalue weighted by Crippen LogP contribution is 2.33. The molecule has 0 unspecified atom stereocenters. The minimum absolute atomic E-state index is 0.575. The van der Waals surface area contributed by atoms with Gasteiger partial charge in [0.2, 0.25) is 0 Å². The Hall–Kier alpha value is -1.52. The third-order valence-electron chi connectivity index (χ3n) is 2.50. The second-order valence-corrected chi connectivity index (χ2v) is 4.74. The Kier molecular flexibility index (Phi) is 3.66. The molecule has 0 fully saturated rings. The standard InChI is InChI=1S/C13H15NO2S/c1-15-10-5-9(6-11(7-10)16-2)13-4-3-12(8-14)17-13/h3-7H,8,14H2,1-2H3. The second-order valence-electron chi connectivity index (χ2n) is 3.57. The molecule has 2 N–H and O–H groups in total. The van der Waals surface area contributed by atoms with Crippen LogP contribution in [0.5, 0.6) is 11.5 Å². The van der Waals surface area contributed by atoms with Crippen LogP contribution in [0.25, 0.3) is 10.4 Å². The number of hydrogen-bond acceptors (Lipinski definition) is 4. The number of methoxy groups -OCH3 is 2. The Balaban J connectivity index is 2.43. The number of ether oxygens (including phenoxy) is 2. The lowest BCUT2D eigenvalue weighted by molar-refractivity contribution is 0.394. The van der Waals surface area contributed by atoms with E-state index in [0.29, 0.717) is 6.54 Å². The summed E-state index contributed by atoms with van der Waals surface area (Å²) in [5, 5.41) is 0. The van der Waals surface area contributed by atoms with Gasteiger partial charge in [-0.05, 0) is 29.8 Å². The van der Waals surface area contributed by atoms with Gasteiger partial charge >= 0.3 is 0 Å². The monoisotopic (exact) mass is 249 g/mol. The van der Waals surface area contributed by atoms with Gasteiger partial charge in [0.05, 0.1) is 14.2 Å². The molecule has 3 nitrogen and oxygen atoms in total. The molecule has 1 aromatic carbocycles. The topological polar surface area (TPSA) is 44.5 Å². The lowest BCUT2D eigenvalue weighted by atomic mass is 10.1. The molecular weight excluding hydrogens is 234 g/mol. The summed E-state index contributed by atoms with van der Waals surface area (Å²) in [5.41, 5.74) is 6.70. The zero-order valence-corrected chi connectivity index (χ0v) is 10.7. The van der Waals surface area contributed by atoms with E-state index in [1.165, 1.54) is 9.75 Å². The fraction of sp³-hybridized carbons (Fsp3) is 0.231. The summed E-state index contributed by atoms with van der Waals surface area (Å²) < 4.78 is 10.5. The number of thiophene rings is 1. The van der Waals surface area contributed by atoms with Crippen molar-refractivity contribution in [3.05, 3.63) is 35.2 Å². The lowest BCUT2D eigenvalue weighted by Crippen LogP contribution is -1.91. The quantitative estimate of drug-likeness (QED) is 0.906. The summed E-state index contributed by atoms with van der Waals surface area (Å²) in [6.07, 6.45) is 0. The SMILES string of the molecule is COc1cc(OC)cc(-c2ccc(CN)s2)c1. The summed E-state index contributed by atoms with van der Waals surface area (Å²) in [7, 11) is 3.30. The molecule has 0 atom stereocenters. The summed E-state index contributed by atoms with van der Waals surface area (Å²) >= 11 is 1.69. The summed E-state index contributed by atoms with van der Waals surface area (Å²) in [5.74, 6) is 1.59. The molecule has 0 saturated carbocycles. The van der Waals surface area contributed by atoms with Crippen LogP contribution in [-0.4, -0.2) is 14.2 Å². The third-order valence-corrected chi connectivity index (χ3v) is 3.66. The molecule has 4 heteroatoms. The minimum Gasteiger partial charge on any atom is -0.497 e. The van der Waals surface area contributed by atoms with E-state index in [2.05, 4.69) is 6.07 Å². The van der Waals surface area contributed by atoms with Crippen LogP contribution >= 0.6 is 11.3 Å². The van der Waals surface area contributed by atoms with Gasteiger partial charge in [-0.25, -0.2) is 0 Å². The predicted molar refractivity (Wildman–Crippen MR) is 70.8 cm³/mol. The molecule has 90 valence electrons. The summed E-state index contributed by atoms with van der Waals surface area (Å²) in [6, 6.07) is 9.97. The Morgan fingerprint density at radius 2 is 1.71 bits per heavy atom. The highest BCUT2D eigenvalue weighted by atomic mass is 32.1. The van der Waals surface area contributed by atoms with Crippen LogP contribution < -0.4 is 15.2 Å². The highest BCUT2D eigenvalue weighted by molar-refractivity contribution is 7.15. The van der Waals surface area contributed by atoms with Gasteiger partial charge in [0, 0.05) is 22.4 Å². The van der Waals surface area contributed by atoms with Gasteiger partial charge in [-0.15, -0.1) is 11.3 Å². The average Bonchev–Trinajstić information content (AvgIpc) is 2.86. The van der Waals surface area contributed by atoms with Crippen molar-refractivity contribution in [2.24, 2.45) is 5.73 Å². The Morgan fingerprint density at radius 3 is 2.18 bits per heavy atom. The largest absolute Gasteiger partial charge is 0.497 e. The molecule has 0 saturated heterocycles. The molecule has 2 aromatic rings. The molecule has 0 radical (unpaired) electrons. The fourth-order valence-corrected chi connectivity index (χ4v) is 2.47. The molecule has 0 aliphatic rings. The van der Waals surface area contributed by atoms with Gasteiger partial charge in [0.15, 0.2) is 0 Å². The van der Waals surface area contributed by atoms with Crippen molar-refractivity contribution in [3.8, 4) is 21.9 Å². The van der Waals surface area contributed by atoms with Crippen LogP contribution in [0, 0.1) is 0 Å². The maximum Gasteiger partial charge on any atom is 0.123 e. The van der Waals surface area contributed by atoms with Crippen LogP contribution in [0.3, 0.4) is 0 Å².